The van der Waals surface area contributed by atoms with Crippen LogP contribution in [0, 0.1) is 23.7 Å². The van der Waals surface area contributed by atoms with Crippen molar-refractivity contribution < 1.29 is 76.4 Å². The highest BCUT2D eigenvalue weighted by molar-refractivity contribution is 5.94. The monoisotopic (exact) mass is 1390 g/mol. The van der Waals surface area contributed by atoms with Gasteiger partial charge in [0.15, 0.2) is 24.4 Å². The van der Waals surface area contributed by atoms with Crippen LogP contribution in [0.1, 0.15) is 181 Å². The van der Waals surface area contributed by atoms with E-state index in [0.717, 1.165) is 53.2 Å². The summed E-state index contributed by atoms with van der Waals surface area (Å²) in [4.78, 5) is 152. The first kappa shape index (κ1) is 78.5. The molecule has 0 N–H and O–H groups in total. The van der Waals surface area contributed by atoms with Gasteiger partial charge in [0.1, 0.15) is 35.4 Å². The van der Waals surface area contributed by atoms with E-state index in [1.54, 1.807) is 43.4 Å². The van der Waals surface area contributed by atoms with Crippen molar-refractivity contribution in [2.24, 2.45) is 23.7 Å². The Bertz CT molecular complexity index is 3290. The van der Waals surface area contributed by atoms with Gasteiger partial charge in [0.05, 0.1) is 50.7 Å². The number of esters is 4. The molecule has 0 bridgehead atoms. The zero-order chi connectivity index (χ0) is 74.2. The Balaban J connectivity index is 1.19. The van der Waals surface area contributed by atoms with E-state index in [1.807, 2.05) is 134 Å². The fraction of sp³-hybridized carbons (Fsp3) is 0.622. The number of cyclic esters (lactones) is 4. The van der Waals surface area contributed by atoms with E-state index < -0.39 is 119 Å². The molecule has 7 rings (SSSR count). The second-order valence-electron chi connectivity index (χ2n) is 30.7. The quantitative estimate of drug-likeness (QED) is 0.0749. The minimum Gasteiger partial charge on any atom is -0.451 e. The lowest BCUT2D eigenvalue weighted by atomic mass is 9.99. The molecule has 26 nitrogen and oxygen atoms in total. The Morgan fingerprint density at radius 2 is 0.700 bits per heavy atom. The number of likely N-dealkylation sites (N-methyl/N-ethyl adjacent to an activating group) is 4. The molecular formula is C74H106N10O16. The van der Waals surface area contributed by atoms with Crippen LogP contribution in [0.25, 0.3) is 0 Å². The lowest BCUT2D eigenvalue weighted by Gasteiger charge is -2.35. The smallest absolute Gasteiger partial charge is 0.410 e. The number of hydrogen-bond donors (Lipinski definition) is 0. The maximum atomic E-state index is 15.2. The van der Waals surface area contributed by atoms with Crippen LogP contribution >= 0.6 is 0 Å². The first-order valence-corrected chi connectivity index (χ1v) is 34.8. The number of nitrogens with zero attached hydrogens (tertiary/aromatic N) is 10. The summed E-state index contributed by atoms with van der Waals surface area (Å²) in [5.74, 6) is -7.86. The molecule has 2 aromatic heterocycles. The lowest BCUT2D eigenvalue weighted by molar-refractivity contribution is -0.176. The Hall–Kier alpha value is -8.84. The fourth-order valence-electron chi connectivity index (χ4n) is 12.3. The van der Waals surface area contributed by atoms with Crippen LogP contribution in [-0.2, 0) is 119 Å². The summed E-state index contributed by atoms with van der Waals surface area (Å²) in [6.07, 6.45) is -3.52. The zero-order valence-electron chi connectivity index (χ0n) is 62.2. The van der Waals surface area contributed by atoms with Gasteiger partial charge in [0.25, 0.3) is 23.6 Å². The third-order valence-electron chi connectivity index (χ3n) is 17.6. The van der Waals surface area contributed by atoms with Gasteiger partial charge >= 0.3 is 36.1 Å². The molecule has 8 atom stereocenters. The molecule has 4 aromatic rings. The third-order valence-corrected chi connectivity index (χ3v) is 17.6. The average Bonchev–Trinajstić information content (AvgIpc) is 1.82. The lowest BCUT2D eigenvalue weighted by Crippen LogP contribution is -2.55. The number of benzene rings is 2. The molecule has 2 aromatic carbocycles. The van der Waals surface area contributed by atoms with Crippen LogP contribution in [0.15, 0.2) is 60.9 Å². The molecule has 0 aliphatic carbocycles. The Morgan fingerprint density at radius 1 is 0.430 bits per heavy atom. The number of carbonyl (C=O) groups excluding carboxylic acids is 10. The number of ether oxygens (including phenoxy) is 6. The topological polar surface area (TPSA) is 281 Å². The van der Waals surface area contributed by atoms with Crippen LogP contribution in [0.3, 0.4) is 0 Å². The minimum absolute atomic E-state index is 0.0452. The largest absolute Gasteiger partial charge is 0.451 e. The number of rotatable bonds is 16. The normalized spacial score (nSPS) is 22.4. The van der Waals surface area contributed by atoms with Crippen molar-refractivity contribution in [2.75, 3.05) is 28.2 Å². The Labute approximate surface area is 588 Å². The van der Waals surface area contributed by atoms with E-state index in [1.165, 1.54) is 42.0 Å². The highest BCUT2D eigenvalue weighted by Crippen LogP contribution is 2.29. The molecule has 26 heteroatoms. The number of carbonyl (C=O) groups is 10. The molecule has 3 aliphatic rings. The van der Waals surface area contributed by atoms with E-state index >= 15 is 9.59 Å². The molecule has 0 spiro atoms. The Morgan fingerprint density at radius 3 is 0.970 bits per heavy atom. The minimum atomic E-state index is -1.59. The van der Waals surface area contributed by atoms with E-state index in [-0.39, 0.29) is 62.2 Å². The van der Waals surface area contributed by atoms with Gasteiger partial charge in [-0.3, -0.25) is 38.3 Å². The molecule has 1 fully saturated rings. The van der Waals surface area contributed by atoms with Gasteiger partial charge in [0.2, 0.25) is 0 Å². The average molecular weight is 1390 g/mol. The summed E-state index contributed by atoms with van der Waals surface area (Å²) in [5, 5.41) is 9.47. The molecular weight excluding hydrogens is 1280 g/mol. The molecule has 6 amide bonds. The second-order valence-corrected chi connectivity index (χ2v) is 30.7. The molecule has 548 valence electrons. The molecule has 1 saturated heterocycles. The van der Waals surface area contributed by atoms with Crippen molar-refractivity contribution in [1.82, 2.24) is 49.0 Å². The maximum absolute atomic E-state index is 15.2. The predicted molar refractivity (Wildman–Crippen MR) is 369 cm³/mol. The number of aromatic nitrogens is 4. The first-order chi connectivity index (χ1) is 46.6. The van der Waals surface area contributed by atoms with Gasteiger partial charge in [-0.1, -0.05) is 104 Å². The standard InChI is InChI=1S/C74H106N10O16/c1-43(2)29-57-67(89)95-47(9)63(85)77(17)60(32-46(7)8)70(92)98-62(34-50-23-27-52(28-24-50)36-84-40-54-38-82(42-56(54)76-84)72(94)100-74(14,15)16)66(88)80(20)58(30-44(3)4)68(90)96-48(10)64(86)78(18)59(31-45(5)6)69(91)97-61(65(87)79(57)19)33-49-21-25-51(26-22-49)35-83-39-53-37-81(41-55(53)75-83)71(93)99-73(11,12)13/h21-28,39-40,43-48,57-62H,29-38,41-42H2,1-20H3/t47-,48-,57+,58+,59+,60+,61-,62-/m1/s1. The summed E-state index contributed by atoms with van der Waals surface area (Å²) in [7, 11) is 5.51. The van der Waals surface area contributed by atoms with Crippen molar-refractivity contribution in [2.45, 2.75) is 248 Å². The van der Waals surface area contributed by atoms with Crippen LogP contribution < -0.4 is 0 Å². The zero-order valence-corrected chi connectivity index (χ0v) is 62.2. The van der Waals surface area contributed by atoms with Crippen molar-refractivity contribution in [1.29, 1.82) is 0 Å². The Kier molecular flexibility index (Phi) is 26.0. The molecule has 0 unspecified atom stereocenters. The van der Waals surface area contributed by atoms with Crippen LogP contribution in [0.5, 0.6) is 0 Å². The highest BCUT2D eigenvalue weighted by atomic mass is 16.6. The summed E-state index contributed by atoms with van der Waals surface area (Å²) in [6, 6.07) is 9.18. The van der Waals surface area contributed by atoms with Gasteiger partial charge in [-0.15, -0.1) is 0 Å². The van der Waals surface area contributed by atoms with Crippen LogP contribution in [-0.4, -0.2) is 197 Å². The van der Waals surface area contributed by atoms with E-state index in [2.05, 4.69) is 0 Å². The summed E-state index contributed by atoms with van der Waals surface area (Å²) < 4.78 is 39.2. The van der Waals surface area contributed by atoms with E-state index in [4.69, 9.17) is 38.6 Å². The van der Waals surface area contributed by atoms with Crippen molar-refractivity contribution in [3.8, 4) is 0 Å². The molecule has 3 aliphatic heterocycles. The van der Waals surface area contributed by atoms with E-state index in [0.29, 0.717) is 50.4 Å². The molecule has 100 heavy (non-hydrogen) atoms. The summed E-state index contributed by atoms with van der Waals surface area (Å²) >= 11 is 0. The predicted octanol–water partition coefficient (Wildman–Crippen LogP) is 8.66. The van der Waals surface area contributed by atoms with Gasteiger partial charge in [-0.25, -0.2) is 28.8 Å². The highest BCUT2D eigenvalue weighted by Gasteiger charge is 2.44. The third kappa shape index (κ3) is 21.1. The van der Waals surface area contributed by atoms with Crippen molar-refractivity contribution in [3.63, 3.8) is 0 Å². The van der Waals surface area contributed by atoms with Gasteiger partial charge < -0.3 is 48.0 Å². The van der Waals surface area contributed by atoms with E-state index in [9.17, 15) is 38.4 Å². The molecule has 0 radical (unpaired) electrons. The van der Waals surface area contributed by atoms with Crippen LogP contribution in [0.2, 0.25) is 0 Å². The van der Waals surface area contributed by atoms with Gasteiger partial charge in [0, 0.05) is 64.6 Å². The summed E-state index contributed by atoms with van der Waals surface area (Å²) in [6.45, 7) is 30.3. The van der Waals surface area contributed by atoms with Gasteiger partial charge in [-0.2, -0.15) is 10.2 Å². The summed E-state index contributed by atoms with van der Waals surface area (Å²) in [5.41, 5.74) is 4.83. The first-order valence-electron chi connectivity index (χ1n) is 34.8. The number of hydrogen-bond acceptors (Lipinski definition) is 18. The van der Waals surface area contributed by atoms with Crippen molar-refractivity contribution in [3.05, 3.63) is 106 Å². The van der Waals surface area contributed by atoms with Crippen molar-refractivity contribution >= 4 is 59.7 Å². The molecule has 0 saturated carbocycles. The molecule has 5 heterocycles. The van der Waals surface area contributed by atoms with Crippen LogP contribution in [0.4, 0.5) is 9.59 Å². The second kappa shape index (κ2) is 33.1. The number of fused-ring (bicyclic) bond motifs is 2. The fourth-order valence-corrected chi connectivity index (χ4v) is 12.3. The maximum Gasteiger partial charge on any atom is 0.410 e. The number of amides is 6. The van der Waals surface area contributed by atoms with Gasteiger partial charge in [-0.05, 0) is 127 Å². The SMILES string of the molecule is CC(C)C[C@H]1C(=O)O[C@H](Cc2ccc(Cn3cc4c(n3)CN(C(=O)OC(C)(C)C)C4)cc2)C(=O)N(C)[C@@H](CC(C)C)C(=O)O[C@H](C)C(=O)N(C)[C@@H](CC(C)C)C(=O)O[C@H](Cc2ccc(Cn3cc4c(n3)CN(C(=O)OC(C)(C)C)C4)cc2)C(=O)N(C)[C@@H](CC(C)C)C(=O)O[C@H](C)C(=O)N1C.